The summed E-state index contributed by atoms with van der Waals surface area (Å²) in [6.45, 7) is 1.30. The van der Waals surface area contributed by atoms with E-state index in [1.54, 1.807) is 20.4 Å². The van der Waals surface area contributed by atoms with Crippen LogP contribution in [0.1, 0.15) is 17.2 Å². The van der Waals surface area contributed by atoms with E-state index in [1.807, 2.05) is 30.3 Å². The second kappa shape index (κ2) is 7.62. The quantitative estimate of drug-likeness (QED) is 0.841. The third-order valence-electron chi connectivity index (χ3n) is 3.12. The highest BCUT2D eigenvalue weighted by molar-refractivity contribution is 5.26. The topological polar surface area (TPSA) is 43.4 Å². The molecule has 0 bridgehead atoms. The molecule has 0 fully saturated rings. The zero-order chi connectivity index (χ0) is 14.2. The third kappa shape index (κ3) is 3.79. The van der Waals surface area contributed by atoms with Crippen molar-refractivity contribution in [2.75, 3.05) is 20.8 Å². The number of ether oxygens (including phenoxy) is 2. The summed E-state index contributed by atoms with van der Waals surface area (Å²) >= 11 is 0. The molecule has 1 N–H and O–H groups in total. The molecule has 0 aliphatic carbocycles. The fourth-order valence-corrected chi connectivity index (χ4v) is 2.10. The molecule has 4 heteroatoms. The van der Waals surface area contributed by atoms with Gasteiger partial charge in [0.05, 0.1) is 19.8 Å². The minimum atomic E-state index is 0.145. The van der Waals surface area contributed by atoms with Crippen LogP contribution in [0.2, 0.25) is 0 Å². The summed E-state index contributed by atoms with van der Waals surface area (Å²) in [5.41, 5.74) is 2.24. The molecule has 1 aromatic heterocycles. The Labute approximate surface area is 119 Å². The van der Waals surface area contributed by atoms with E-state index >= 15 is 0 Å². The highest BCUT2D eigenvalue weighted by Crippen LogP contribution is 2.17. The van der Waals surface area contributed by atoms with Gasteiger partial charge in [-0.15, -0.1) is 0 Å². The van der Waals surface area contributed by atoms with E-state index in [0.717, 1.165) is 5.56 Å². The van der Waals surface area contributed by atoms with Crippen LogP contribution in [0.4, 0.5) is 0 Å². The van der Waals surface area contributed by atoms with Crippen LogP contribution >= 0.6 is 0 Å². The van der Waals surface area contributed by atoms with E-state index < -0.39 is 0 Å². The number of hydrogen-bond donors (Lipinski definition) is 1. The number of benzene rings is 1. The summed E-state index contributed by atoms with van der Waals surface area (Å²) in [6.07, 6.45) is 1.73. The summed E-state index contributed by atoms with van der Waals surface area (Å²) in [7, 11) is 3.35. The van der Waals surface area contributed by atoms with Crippen LogP contribution in [0.3, 0.4) is 0 Å². The Morgan fingerprint density at radius 1 is 1.10 bits per heavy atom. The van der Waals surface area contributed by atoms with Gasteiger partial charge < -0.3 is 14.8 Å². The summed E-state index contributed by atoms with van der Waals surface area (Å²) < 4.78 is 10.6. The van der Waals surface area contributed by atoms with E-state index in [2.05, 4.69) is 22.4 Å². The molecule has 1 heterocycles. The lowest BCUT2D eigenvalue weighted by molar-refractivity contribution is 0.166. The van der Waals surface area contributed by atoms with Crippen LogP contribution in [0.15, 0.2) is 48.7 Å². The highest BCUT2D eigenvalue weighted by atomic mass is 16.5. The number of nitrogens with one attached hydrogen (secondary N) is 1. The molecular formula is C16H20N2O2. The standard InChI is InChI=1S/C16H20N2O2/c1-19-12-15(13-7-4-3-5-8-13)18-11-14-9-6-10-17-16(14)20-2/h3-10,15,18H,11-12H2,1-2H3. The number of nitrogens with zero attached hydrogens (tertiary/aromatic N) is 1. The van der Waals surface area contributed by atoms with E-state index in [0.29, 0.717) is 19.0 Å². The van der Waals surface area contributed by atoms with Gasteiger partial charge in [0.2, 0.25) is 5.88 Å². The lowest BCUT2D eigenvalue weighted by atomic mass is 10.1. The van der Waals surface area contributed by atoms with Crippen LogP contribution in [0.5, 0.6) is 5.88 Å². The van der Waals surface area contributed by atoms with Crippen molar-refractivity contribution in [2.45, 2.75) is 12.6 Å². The van der Waals surface area contributed by atoms with Crippen molar-refractivity contribution in [1.82, 2.24) is 10.3 Å². The summed E-state index contributed by atoms with van der Waals surface area (Å²) in [5.74, 6) is 0.657. The molecule has 4 nitrogen and oxygen atoms in total. The maximum atomic E-state index is 5.29. The van der Waals surface area contributed by atoms with Crippen LogP contribution < -0.4 is 10.1 Å². The molecule has 0 saturated carbocycles. The molecule has 0 aliphatic heterocycles. The lowest BCUT2D eigenvalue weighted by Crippen LogP contribution is -2.25. The van der Waals surface area contributed by atoms with Crippen LogP contribution in [-0.2, 0) is 11.3 Å². The van der Waals surface area contributed by atoms with Gasteiger partial charge >= 0.3 is 0 Å². The predicted molar refractivity (Wildman–Crippen MR) is 78.7 cm³/mol. The van der Waals surface area contributed by atoms with Gasteiger partial charge in [-0.1, -0.05) is 36.4 Å². The van der Waals surface area contributed by atoms with Crippen molar-refractivity contribution in [1.29, 1.82) is 0 Å². The van der Waals surface area contributed by atoms with Gasteiger partial charge in [0, 0.05) is 25.4 Å². The fraction of sp³-hybridized carbons (Fsp3) is 0.312. The first-order valence-corrected chi connectivity index (χ1v) is 6.60. The number of aromatic nitrogens is 1. The minimum absolute atomic E-state index is 0.145. The molecule has 0 radical (unpaired) electrons. The Balaban J connectivity index is 2.06. The van der Waals surface area contributed by atoms with E-state index in [4.69, 9.17) is 9.47 Å². The predicted octanol–water partition coefficient (Wildman–Crippen LogP) is 2.57. The van der Waals surface area contributed by atoms with Crippen LogP contribution in [0, 0.1) is 0 Å². The Bertz CT molecular complexity index is 517. The molecule has 0 aliphatic rings. The number of hydrogen-bond acceptors (Lipinski definition) is 4. The number of pyridine rings is 1. The van der Waals surface area contributed by atoms with Gasteiger partial charge in [-0.05, 0) is 11.6 Å². The highest BCUT2D eigenvalue weighted by Gasteiger charge is 2.11. The van der Waals surface area contributed by atoms with Gasteiger partial charge in [0.25, 0.3) is 0 Å². The van der Waals surface area contributed by atoms with Crippen molar-refractivity contribution in [2.24, 2.45) is 0 Å². The molecule has 106 valence electrons. The number of methoxy groups -OCH3 is 2. The Morgan fingerprint density at radius 2 is 1.90 bits per heavy atom. The lowest BCUT2D eigenvalue weighted by Gasteiger charge is -2.19. The summed E-state index contributed by atoms with van der Waals surface area (Å²) in [5, 5.41) is 3.48. The van der Waals surface area contributed by atoms with Gasteiger partial charge in [-0.25, -0.2) is 4.98 Å². The van der Waals surface area contributed by atoms with Gasteiger partial charge in [-0.3, -0.25) is 0 Å². The third-order valence-corrected chi connectivity index (χ3v) is 3.12. The molecule has 2 aromatic rings. The largest absolute Gasteiger partial charge is 0.481 e. The van der Waals surface area contributed by atoms with Crippen molar-refractivity contribution >= 4 is 0 Å². The SMILES string of the molecule is COCC(NCc1cccnc1OC)c1ccccc1. The van der Waals surface area contributed by atoms with Crippen molar-refractivity contribution in [3.8, 4) is 5.88 Å². The molecule has 20 heavy (non-hydrogen) atoms. The average Bonchev–Trinajstić information content (AvgIpc) is 2.52. The first-order chi connectivity index (χ1) is 9.85. The zero-order valence-electron chi connectivity index (χ0n) is 11.9. The molecule has 0 saturated heterocycles. The fourth-order valence-electron chi connectivity index (χ4n) is 2.10. The smallest absolute Gasteiger partial charge is 0.217 e. The first-order valence-electron chi connectivity index (χ1n) is 6.60. The molecule has 1 unspecified atom stereocenters. The summed E-state index contributed by atoms with van der Waals surface area (Å²) in [4.78, 5) is 4.20. The van der Waals surface area contributed by atoms with Crippen LogP contribution in [0.25, 0.3) is 0 Å². The molecule has 1 atom stereocenters. The minimum Gasteiger partial charge on any atom is -0.481 e. The van der Waals surface area contributed by atoms with E-state index in [9.17, 15) is 0 Å². The van der Waals surface area contributed by atoms with Gasteiger partial charge in [-0.2, -0.15) is 0 Å². The molecule has 0 spiro atoms. The van der Waals surface area contributed by atoms with Crippen molar-refractivity contribution < 1.29 is 9.47 Å². The van der Waals surface area contributed by atoms with Crippen molar-refractivity contribution in [3.63, 3.8) is 0 Å². The monoisotopic (exact) mass is 272 g/mol. The molecule has 0 amide bonds. The molecule has 2 rings (SSSR count). The van der Waals surface area contributed by atoms with E-state index in [-0.39, 0.29) is 6.04 Å². The second-order valence-corrected chi connectivity index (χ2v) is 4.47. The van der Waals surface area contributed by atoms with Crippen LogP contribution in [-0.4, -0.2) is 25.8 Å². The molecule has 1 aromatic carbocycles. The van der Waals surface area contributed by atoms with Crippen molar-refractivity contribution in [3.05, 3.63) is 59.8 Å². The second-order valence-electron chi connectivity index (χ2n) is 4.47. The Hall–Kier alpha value is -1.91. The first kappa shape index (κ1) is 14.5. The maximum absolute atomic E-state index is 5.29. The Morgan fingerprint density at radius 3 is 2.60 bits per heavy atom. The maximum Gasteiger partial charge on any atom is 0.217 e. The average molecular weight is 272 g/mol. The zero-order valence-corrected chi connectivity index (χ0v) is 11.9. The molecular weight excluding hydrogens is 252 g/mol. The Kier molecular flexibility index (Phi) is 5.53. The summed E-state index contributed by atoms with van der Waals surface area (Å²) in [6, 6.07) is 14.3. The van der Waals surface area contributed by atoms with E-state index in [1.165, 1.54) is 5.56 Å². The van der Waals surface area contributed by atoms with Gasteiger partial charge in [0.1, 0.15) is 0 Å². The number of rotatable bonds is 7. The van der Waals surface area contributed by atoms with Gasteiger partial charge in [0.15, 0.2) is 0 Å². The normalized spacial score (nSPS) is 12.1.